The summed E-state index contributed by atoms with van der Waals surface area (Å²) in [7, 11) is 0. The van der Waals surface area contributed by atoms with Gasteiger partial charge in [0.1, 0.15) is 11.3 Å². The van der Waals surface area contributed by atoms with Gasteiger partial charge in [0.25, 0.3) is 0 Å². The molecule has 0 spiro atoms. The van der Waals surface area contributed by atoms with E-state index in [1.165, 1.54) is 12.1 Å². The van der Waals surface area contributed by atoms with Crippen LogP contribution in [0.3, 0.4) is 0 Å². The molecule has 0 aliphatic heterocycles. The van der Waals surface area contributed by atoms with E-state index in [1.807, 2.05) is 6.26 Å². The number of aromatic carboxylic acids is 1. The third-order valence-electron chi connectivity index (χ3n) is 2.34. The van der Waals surface area contributed by atoms with Crippen LogP contribution in [-0.2, 0) is 6.54 Å². The molecule has 0 amide bonds. The fourth-order valence-corrected chi connectivity index (χ4v) is 1.85. The fourth-order valence-electron chi connectivity index (χ4n) is 1.50. The lowest BCUT2D eigenvalue weighted by molar-refractivity contribution is 0.0692. The van der Waals surface area contributed by atoms with E-state index in [4.69, 9.17) is 5.11 Å². The smallest absolute Gasteiger partial charge is 0.338 e. The summed E-state index contributed by atoms with van der Waals surface area (Å²) in [4.78, 5) is 10.7. The Morgan fingerprint density at radius 1 is 1.59 bits per heavy atom. The number of carboxylic acids is 1. The summed E-state index contributed by atoms with van der Waals surface area (Å²) in [5.41, 5.74) is 0.529. The molecular weight excluding hydrogens is 245 g/mol. The number of carbonyl (C=O) groups is 1. The first kappa shape index (κ1) is 11.8. The van der Waals surface area contributed by atoms with Crippen LogP contribution in [0.4, 0.5) is 4.39 Å². The number of aromatic nitrogens is 3. The van der Waals surface area contributed by atoms with E-state index in [0.29, 0.717) is 17.6 Å². The molecule has 0 aliphatic rings. The highest BCUT2D eigenvalue weighted by Gasteiger charge is 2.14. The lowest BCUT2D eigenvalue weighted by Gasteiger charge is -2.01. The molecule has 2 rings (SSSR count). The second kappa shape index (κ2) is 4.70. The van der Waals surface area contributed by atoms with Crippen LogP contribution in [-0.4, -0.2) is 38.1 Å². The summed E-state index contributed by atoms with van der Waals surface area (Å²) in [6.07, 6.45) is 1.96. The number of fused-ring (bicyclic) bond motifs is 1. The van der Waals surface area contributed by atoms with Gasteiger partial charge in [0, 0.05) is 11.8 Å². The largest absolute Gasteiger partial charge is 0.478 e. The van der Waals surface area contributed by atoms with Crippen LogP contribution in [0.25, 0.3) is 11.0 Å². The van der Waals surface area contributed by atoms with E-state index in [9.17, 15) is 9.18 Å². The first-order valence-electron chi connectivity index (χ1n) is 4.88. The molecule has 17 heavy (non-hydrogen) atoms. The summed E-state index contributed by atoms with van der Waals surface area (Å²) >= 11 is 1.64. The van der Waals surface area contributed by atoms with Crippen molar-refractivity contribution in [3.8, 4) is 0 Å². The monoisotopic (exact) mass is 255 g/mol. The summed E-state index contributed by atoms with van der Waals surface area (Å²) < 4.78 is 15.1. The predicted molar refractivity (Wildman–Crippen MR) is 62.8 cm³/mol. The maximum Gasteiger partial charge on any atom is 0.338 e. The molecule has 0 radical (unpaired) electrons. The molecule has 90 valence electrons. The average Bonchev–Trinajstić information content (AvgIpc) is 2.67. The molecule has 5 nitrogen and oxygen atoms in total. The molecule has 0 fully saturated rings. The van der Waals surface area contributed by atoms with Crippen LogP contribution in [0.5, 0.6) is 0 Å². The van der Waals surface area contributed by atoms with Crippen molar-refractivity contribution in [2.45, 2.75) is 6.54 Å². The maximum absolute atomic E-state index is 13.5. The van der Waals surface area contributed by atoms with Crippen molar-refractivity contribution >= 4 is 28.8 Å². The standard InChI is InChI=1S/C10H10FN3O2S/c1-17-3-2-14-9-5-7(11)6(10(15)16)4-8(9)12-13-14/h4-5H,2-3H2,1H3,(H,15,16). The molecule has 7 heteroatoms. The molecule has 0 saturated carbocycles. The molecule has 0 saturated heterocycles. The van der Waals surface area contributed by atoms with E-state index in [1.54, 1.807) is 16.4 Å². The van der Waals surface area contributed by atoms with Crippen LogP contribution < -0.4 is 0 Å². The summed E-state index contributed by atoms with van der Waals surface area (Å²) in [5.74, 6) is -1.23. The Morgan fingerprint density at radius 3 is 3.00 bits per heavy atom. The third kappa shape index (κ3) is 2.23. The minimum absolute atomic E-state index is 0.380. The number of thioether (sulfide) groups is 1. The topological polar surface area (TPSA) is 68.0 Å². The molecule has 1 N–H and O–H groups in total. The Hall–Kier alpha value is -1.63. The van der Waals surface area contributed by atoms with Crippen LogP contribution in [0.15, 0.2) is 12.1 Å². The normalized spacial score (nSPS) is 10.9. The Balaban J connectivity index is 2.48. The molecule has 1 heterocycles. The van der Waals surface area contributed by atoms with Crippen LogP contribution in [0, 0.1) is 5.82 Å². The van der Waals surface area contributed by atoms with Crippen molar-refractivity contribution in [2.24, 2.45) is 0 Å². The van der Waals surface area contributed by atoms with Crippen molar-refractivity contribution in [3.63, 3.8) is 0 Å². The zero-order valence-electron chi connectivity index (χ0n) is 9.05. The quantitative estimate of drug-likeness (QED) is 0.899. The lowest BCUT2D eigenvalue weighted by Crippen LogP contribution is -2.04. The van der Waals surface area contributed by atoms with Gasteiger partial charge in [-0.05, 0) is 12.3 Å². The van der Waals surface area contributed by atoms with Gasteiger partial charge in [-0.15, -0.1) is 5.10 Å². The van der Waals surface area contributed by atoms with E-state index >= 15 is 0 Å². The second-order valence-electron chi connectivity index (χ2n) is 3.43. The average molecular weight is 255 g/mol. The van der Waals surface area contributed by atoms with Gasteiger partial charge in [0.2, 0.25) is 0 Å². The maximum atomic E-state index is 13.5. The third-order valence-corrected chi connectivity index (χ3v) is 2.93. The zero-order valence-corrected chi connectivity index (χ0v) is 9.87. The molecule has 0 bridgehead atoms. The van der Waals surface area contributed by atoms with Gasteiger partial charge in [-0.3, -0.25) is 0 Å². The highest BCUT2D eigenvalue weighted by Crippen LogP contribution is 2.17. The van der Waals surface area contributed by atoms with Gasteiger partial charge in [-0.25, -0.2) is 13.9 Å². The number of benzene rings is 1. The van der Waals surface area contributed by atoms with E-state index in [-0.39, 0.29) is 5.56 Å². The molecular formula is C10H10FN3O2S. The van der Waals surface area contributed by atoms with Gasteiger partial charge in [-0.2, -0.15) is 11.8 Å². The van der Waals surface area contributed by atoms with Gasteiger partial charge in [0.15, 0.2) is 0 Å². The number of carboxylic acid groups (broad SMARTS) is 1. The van der Waals surface area contributed by atoms with Crippen molar-refractivity contribution in [1.82, 2.24) is 15.0 Å². The van der Waals surface area contributed by atoms with Crippen molar-refractivity contribution in [2.75, 3.05) is 12.0 Å². The Kier molecular flexibility index (Phi) is 3.28. The molecule has 1 aromatic carbocycles. The first-order valence-corrected chi connectivity index (χ1v) is 6.28. The lowest BCUT2D eigenvalue weighted by atomic mass is 10.2. The van der Waals surface area contributed by atoms with E-state index in [2.05, 4.69) is 10.3 Å². The molecule has 0 atom stereocenters. The summed E-state index contributed by atoms with van der Waals surface area (Å²) in [6.45, 7) is 0.615. The van der Waals surface area contributed by atoms with Gasteiger partial charge in [-0.1, -0.05) is 5.21 Å². The molecule has 2 aromatic rings. The molecule has 0 aliphatic carbocycles. The Morgan fingerprint density at radius 2 is 2.35 bits per heavy atom. The summed E-state index contributed by atoms with van der Waals surface area (Å²) in [6, 6.07) is 2.37. The number of rotatable bonds is 4. The Bertz CT molecular complexity index is 570. The zero-order chi connectivity index (χ0) is 12.4. The van der Waals surface area contributed by atoms with Crippen molar-refractivity contribution < 1.29 is 14.3 Å². The van der Waals surface area contributed by atoms with Gasteiger partial charge >= 0.3 is 5.97 Å². The van der Waals surface area contributed by atoms with Gasteiger partial charge < -0.3 is 5.11 Å². The van der Waals surface area contributed by atoms with Crippen LogP contribution in [0.1, 0.15) is 10.4 Å². The van der Waals surface area contributed by atoms with E-state index in [0.717, 1.165) is 5.75 Å². The number of nitrogens with zero attached hydrogens (tertiary/aromatic N) is 3. The van der Waals surface area contributed by atoms with Crippen molar-refractivity contribution in [3.05, 3.63) is 23.5 Å². The number of hydrogen-bond donors (Lipinski definition) is 1. The van der Waals surface area contributed by atoms with Crippen LogP contribution >= 0.6 is 11.8 Å². The highest BCUT2D eigenvalue weighted by molar-refractivity contribution is 7.98. The van der Waals surface area contributed by atoms with Crippen molar-refractivity contribution in [1.29, 1.82) is 0 Å². The molecule has 0 unspecified atom stereocenters. The Labute approximate surface area is 101 Å². The SMILES string of the molecule is CSCCn1nnc2cc(C(=O)O)c(F)cc21. The first-order chi connectivity index (χ1) is 8.13. The fraction of sp³-hybridized carbons (Fsp3) is 0.300. The number of hydrogen-bond acceptors (Lipinski definition) is 4. The minimum Gasteiger partial charge on any atom is -0.478 e. The van der Waals surface area contributed by atoms with Gasteiger partial charge in [0.05, 0.1) is 17.6 Å². The molecule has 1 aromatic heterocycles. The summed E-state index contributed by atoms with van der Waals surface area (Å²) in [5, 5.41) is 16.5. The minimum atomic E-state index is -1.30. The number of halogens is 1. The highest BCUT2D eigenvalue weighted by atomic mass is 32.2. The number of aryl methyl sites for hydroxylation is 1. The van der Waals surface area contributed by atoms with E-state index < -0.39 is 11.8 Å². The predicted octanol–water partition coefficient (Wildman–Crippen LogP) is 1.63. The second-order valence-corrected chi connectivity index (χ2v) is 4.42. The van der Waals surface area contributed by atoms with Crippen LogP contribution in [0.2, 0.25) is 0 Å².